The molecule has 224 valence electrons. The van der Waals surface area contributed by atoms with Crippen LogP contribution in [0.2, 0.25) is 0 Å². The molecule has 0 aliphatic rings. The molecule has 6 aromatic rings. The molecule has 44 heavy (non-hydrogen) atoms. The quantitative estimate of drug-likeness (QED) is 0.164. The van der Waals surface area contributed by atoms with Gasteiger partial charge in [-0.05, 0) is 49.6 Å². The van der Waals surface area contributed by atoms with Crippen LogP contribution in [0.15, 0.2) is 66.7 Å². The molecule has 0 fully saturated rings. The van der Waals surface area contributed by atoms with Gasteiger partial charge in [-0.25, -0.2) is 13.8 Å². The highest BCUT2D eigenvalue weighted by molar-refractivity contribution is 7.18. The number of aryl methyl sites for hydroxylation is 1. The number of amides is 1. The van der Waals surface area contributed by atoms with Crippen LogP contribution in [0.5, 0.6) is 5.75 Å². The van der Waals surface area contributed by atoms with E-state index in [0.717, 1.165) is 34.0 Å². The van der Waals surface area contributed by atoms with Crippen molar-refractivity contribution in [3.05, 3.63) is 84.0 Å². The van der Waals surface area contributed by atoms with Gasteiger partial charge in [-0.3, -0.25) is 14.6 Å². The third kappa shape index (κ3) is 5.33. The van der Waals surface area contributed by atoms with Gasteiger partial charge in [0, 0.05) is 45.8 Å². The Hall–Kier alpha value is -4.94. The van der Waals surface area contributed by atoms with Gasteiger partial charge in [-0.1, -0.05) is 12.6 Å². The first-order valence-electron chi connectivity index (χ1n) is 13.8. The summed E-state index contributed by atoms with van der Waals surface area (Å²) < 4.78 is 38.6. The van der Waals surface area contributed by atoms with Gasteiger partial charge in [-0.2, -0.15) is 10.2 Å². The fraction of sp³-hybridized carbons (Fsp3) is 0.188. The fourth-order valence-electron chi connectivity index (χ4n) is 5.12. The SMILES string of the molecule is C=CC(=O)N[C@H](C)c1cc(-c2nc(-c3ccc4c(cnn4C)c3)c3ccsc3c2-c2c(F)cc(F)cc2OC[C@@H](C)O)n[nH]1. The molecule has 6 rings (SSSR count). The summed E-state index contributed by atoms with van der Waals surface area (Å²) >= 11 is 1.38. The lowest BCUT2D eigenvalue weighted by Gasteiger charge is -2.18. The largest absolute Gasteiger partial charge is 0.490 e. The molecule has 9 nitrogen and oxygen atoms in total. The summed E-state index contributed by atoms with van der Waals surface area (Å²) in [7, 11) is 1.87. The first-order valence-corrected chi connectivity index (χ1v) is 14.6. The third-order valence-corrected chi connectivity index (χ3v) is 8.16. The monoisotopic (exact) mass is 614 g/mol. The van der Waals surface area contributed by atoms with Crippen molar-refractivity contribution in [3.8, 4) is 39.5 Å². The first-order chi connectivity index (χ1) is 21.1. The predicted octanol–water partition coefficient (Wildman–Crippen LogP) is 6.31. The second kappa shape index (κ2) is 11.6. The van der Waals surface area contributed by atoms with Gasteiger partial charge in [0.05, 0.1) is 40.8 Å². The zero-order chi connectivity index (χ0) is 31.1. The van der Waals surface area contributed by atoms with Crippen molar-refractivity contribution < 1.29 is 23.4 Å². The van der Waals surface area contributed by atoms with Crippen LogP contribution in [0.25, 0.3) is 54.8 Å². The minimum atomic E-state index is -0.875. The van der Waals surface area contributed by atoms with Gasteiger partial charge in [0.2, 0.25) is 5.91 Å². The summed E-state index contributed by atoms with van der Waals surface area (Å²) in [5, 5.41) is 28.0. The Kier molecular flexibility index (Phi) is 7.70. The van der Waals surface area contributed by atoms with Crippen LogP contribution in [0.3, 0.4) is 0 Å². The number of nitrogens with zero attached hydrogens (tertiary/aromatic N) is 4. The molecule has 4 heterocycles. The molecule has 0 bridgehead atoms. The third-order valence-electron chi connectivity index (χ3n) is 7.23. The van der Waals surface area contributed by atoms with E-state index in [1.807, 2.05) is 36.7 Å². The van der Waals surface area contributed by atoms with E-state index < -0.39 is 23.8 Å². The van der Waals surface area contributed by atoms with E-state index in [9.17, 15) is 14.3 Å². The number of ether oxygens (including phenoxy) is 1. The van der Waals surface area contributed by atoms with Crippen molar-refractivity contribution in [3.63, 3.8) is 0 Å². The van der Waals surface area contributed by atoms with E-state index in [4.69, 9.17) is 9.72 Å². The van der Waals surface area contributed by atoms with Gasteiger partial charge in [0.25, 0.3) is 0 Å². The molecule has 0 aliphatic heterocycles. The number of benzene rings is 2. The average molecular weight is 615 g/mol. The summed E-state index contributed by atoms with van der Waals surface area (Å²) in [5.74, 6) is -2.10. The maximum Gasteiger partial charge on any atom is 0.243 e. The predicted molar refractivity (Wildman–Crippen MR) is 166 cm³/mol. The standard InChI is InChI=1S/C32H28F2N6O3S/c1-5-27(42)36-17(3)23-13-24(39-38-23)31-29(28-22(34)11-20(33)12-26(28)43-15-16(2)41)32-21(8-9-44-32)30(37-31)18-6-7-25-19(10-18)14-35-40(25)4/h5-14,16-17,41H,1,15H2,2-4H3,(H,36,42)(H,38,39)/t16-,17-/m1/s1. The van der Waals surface area contributed by atoms with Gasteiger partial charge < -0.3 is 15.2 Å². The Morgan fingerprint density at radius 3 is 2.77 bits per heavy atom. The molecule has 3 N–H and O–H groups in total. The second-order valence-corrected chi connectivity index (χ2v) is 11.4. The number of nitrogens with one attached hydrogen (secondary N) is 2. The molecule has 0 unspecified atom stereocenters. The lowest BCUT2D eigenvalue weighted by atomic mass is 9.96. The number of aromatic nitrogens is 5. The number of fused-ring (bicyclic) bond motifs is 2. The number of pyridine rings is 1. The summed E-state index contributed by atoms with van der Waals surface area (Å²) in [6, 6.07) is 11.0. The van der Waals surface area contributed by atoms with Gasteiger partial charge in [0.1, 0.15) is 35.4 Å². The Balaban J connectivity index is 1.62. The average Bonchev–Trinajstić information content (AvgIpc) is 3.76. The van der Waals surface area contributed by atoms with Gasteiger partial charge in [0.15, 0.2) is 0 Å². The molecule has 12 heteroatoms. The molecule has 2 atom stereocenters. The van der Waals surface area contributed by atoms with Crippen molar-refractivity contribution in [2.45, 2.75) is 26.0 Å². The van der Waals surface area contributed by atoms with E-state index in [2.05, 4.69) is 27.2 Å². The van der Waals surface area contributed by atoms with Crippen molar-refractivity contribution in [2.24, 2.45) is 7.05 Å². The zero-order valence-electron chi connectivity index (χ0n) is 24.1. The Morgan fingerprint density at radius 2 is 2.00 bits per heavy atom. The maximum absolute atomic E-state index is 15.9. The van der Waals surface area contributed by atoms with Crippen LogP contribution in [0.1, 0.15) is 25.6 Å². The van der Waals surface area contributed by atoms with Gasteiger partial charge >= 0.3 is 0 Å². The van der Waals surface area contributed by atoms with E-state index in [1.165, 1.54) is 24.3 Å². The van der Waals surface area contributed by atoms with Crippen molar-refractivity contribution in [1.29, 1.82) is 0 Å². The fourth-order valence-corrected chi connectivity index (χ4v) is 6.07. The normalized spacial score (nSPS) is 12.9. The molecule has 4 aromatic heterocycles. The van der Waals surface area contributed by atoms with Crippen molar-refractivity contribution in [2.75, 3.05) is 6.61 Å². The number of thiophene rings is 1. The lowest BCUT2D eigenvalue weighted by Crippen LogP contribution is -2.24. The number of aliphatic hydroxyl groups excluding tert-OH is 1. The Labute approximate surface area is 254 Å². The maximum atomic E-state index is 15.9. The van der Waals surface area contributed by atoms with Crippen molar-refractivity contribution >= 4 is 38.2 Å². The molecule has 2 aromatic carbocycles. The minimum absolute atomic E-state index is 0.00572. The molecule has 0 aliphatic carbocycles. The molecule has 1 amide bonds. The molecule has 0 radical (unpaired) electrons. The highest BCUT2D eigenvalue weighted by Crippen LogP contribution is 2.47. The summed E-state index contributed by atoms with van der Waals surface area (Å²) in [6.45, 7) is 6.62. The second-order valence-electron chi connectivity index (χ2n) is 10.5. The summed E-state index contributed by atoms with van der Waals surface area (Å²) in [6.07, 6.45) is 2.08. The molecular formula is C32H28F2N6O3S. The van der Waals surface area contributed by atoms with Gasteiger partial charge in [-0.15, -0.1) is 11.3 Å². The van der Waals surface area contributed by atoms with Crippen LogP contribution in [0.4, 0.5) is 8.78 Å². The van der Waals surface area contributed by atoms with Crippen LogP contribution >= 0.6 is 11.3 Å². The minimum Gasteiger partial charge on any atom is -0.490 e. The molecule has 0 saturated heterocycles. The first kappa shape index (κ1) is 29.1. The number of halogens is 2. The summed E-state index contributed by atoms with van der Waals surface area (Å²) in [4.78, 5) is 17.0. The van der Waals surface area contributed by atoms with Crippen LogP contribution in [0, 0.1) is 11.6 Å². The summed E-state index contributed by atoms with van der Waals surface area (Å²) in [5.41, 5.74) is 4.03. The van der Waals surface area contributed by atoms with E-state index in [0.29, 0.717) is 33.0 Å². The van der Waals surface area contributed by atoms with Crippen LogP contribution in [-0.4, -0.2) is 48.7 Å². The number of carbonyl (C=O) groups is 1. The lowest BCUT2D eigenvalue weighted by molar-refractivity contribution is -0.117. The molecular weight excluding hydrogens is 586 g/mol. The number of H-pyrrole nitrogens is 1. The zero-order valence-corrected chi connectivity index (χ0v) is 24.9. The van der Waals surface area contributed by atoms with E-state index >= 15 is 4.39 Å². The van der Waals surface area contributed by atoms with E-state index in [-0.39, 0.29) is 23.8 Å². The van der Waals surface area contributed by atoms with Crippen molar-refractivity contribution in [1.82, 2.24) is 30.3 Å². The number of aliphatic hydroxyl groups is 1. The topological polar surface area (TPSA) is 118 Å². The van der Waals surface area contributed by atoms with Crippen LogP contribution in [-0.2, 0) is 11.8 Å². The highest BCUT2D eigenvalue weighted by Gasteiger charge is 2.27. The molecule has 0 spiro atoms. The number of aromatic amines is 1. The van der Waals surface area contributed by atoms with Crippen LogP contribution < -0.4 is 10.1 Å². The number of rotatable bonds is 9. The number of hydrogen-bond donors (Lipinski definition) is 3. The number of carbonyl (C=O) groups excluding carboxylic acids is 1. The smallest absolute Gasteiger partial charge is 0.243 e. The Morgan fingerprint density at radius 1 is 1.18 bits per heavy atom. The highest BCUT2D eigenvalue weighted by atomic mass is 32.1. The van der Waals surface area contributed by atoms with E-state index in [1.54, 1.807) is 23.9 Å². The molecule has 0 saturated carbocycles. The Bertz CT molecular complexity index is 2050. The number of hydrogen-bond acceptors (Lipinski definition) is 7.